The maximum absolute atomic E-state index is 12.5. The number of hydrogen-bond acceptors (Lipinski definition) is 7. The molecule has 2 aromatic carbocycles. The second kappa shape index (κ2) is 20.1. The number of phenols is 2. The van der Waals surface area contributed by atoms with Crippen LogP contribution >= 0.6 is 15.0 Å². The van der Waals surface area contributed by atoms with Crippen molar-refractivity contribution >= 4 is 58.0 Å². The van der Waals surface area contributed by atoms with Crippen molar-refractivity contribution in [3.63, 3.8) is 0 Å². The zero-order valence-corrected chi connectivity index (χ0v) is 33.1. The van der Waals surface area contributed by atoms with Crippen molar-refractivity contribution in [3.05, 3.63) is 52.1 Å². The number of benzene rings is 2. The first-order valence-electron chi connectivity index (χ1n) is 15.7. The molecule has 246 valence electrons. The predicted octanol–water partition coefficient (Wildman–Crippen LogP) is 7.86. The molecular formula is C34H57CaO7P2+. The average Bonchev–Trinajstić information content (AvgIpc) is 2.83. The molecule has 0 fully saturated rings. The molecule has 0 saturated heterocycles. The van der Waals surface area contributed by atoms with Gasteiger partial charge in [-0.1, -0.05) is 67.5 Å². The van der Waals surface area contributed by atoms with Crippen LogP contribution in [-0.2, 0) is 50.0 Å². The monoisotopic (exact) mass is 679 g/mol. The molecule has 2 atom stereocenters. The Morgan fingerprint density at radius 2 is 0.977 bits per heavy atom. The van der Waals surface area contributed by atoms with E-state index in [4.69, 9.17) is 9.05 Å². The largest absolute Gasteiger partial charge is 2.00 e. The van der Waals surface area contributed by atoms with Crippen molar-refractivity contribution in [1.29, 1.82) is 0 Å². The maximum atomic E-state index is 12.5. The minimum atomic E-state index is -4.07. The van der Waals surface area contributed by atoms with E-state index in [0.29, 0.717) is 66.2 Å². The van der Waals surface area contributed by atoms with E-state index in [9.17, 15) is 24.2 Å². The van der Waals surface area contributed by atoms with E-state index in [-0.39, 0.29) is 55.4 Å². The molecule has 44 heavy (non-hydrogen) atoms. The SMILES string of the molecule is CCOP(=O)([O-])c1cc(CC(C)C)c(O)c(CC(C)C)c1.CCOP(C)(=O)Cc1cc(CC(C)C)c(O)c(CC(C)C)c1.[Ca+2]. The Labute approximate surface area is 297 Å². The van der Waals surface area contributed by atoms with Gasteiger partial charge >= 0.3 is 37.7 Å². The van der Waals surface area contributed by atoms with Crippen LogP contribution in [0.25, 0.3) is 0 Å². The fourth-order valence-electron chi connectivity index (χ4n) is 5.10. The average molecular weight is 680 g/mol. The molecule has 0 amide bonds. The molecule has 0 saturated carbocycles. The molecule has 0 aliphatic carbocycles. The summed E-state index contributed by atoms with van der Waals surface area (Å²) < 4.78 is 34.9. The van der Waals surface area contributed by atoms with Gasteiger partial charge in [-0.2, -0.15) is 0 Å². The first-order valence-corrected chi connectivity index (χ1v) is 19.5. The smallest absolute Gasteiger partial charge is 0.775 e. The first-order chi connectivity index (χ1) is 19.8. The summed E-state index contributed by atoms with van der Waals surface area (Å²) in [7, 11) is -6.69. The first kappa shape index (κ1) is 43.6. The predicted molar refractivity (Wildman–Crippen MR) is 184 cm³/mol. The third-order valence-corrected chi connectivity index (χ3v) is 9.81. The molecule has 0 spiro atoms. The summed E-state index contributed by atoms with van der Waals surface area (Å²) in [5, 5.41) is 21.0. The van der Waals surface area contributed by atoms with Gasteiger partial charge in [-0.3, -0.25) is 4.57 Å². The molecule has 0 aromatic heterocycles. The van der Waals surface area contributed by atoms with E-state index >= 15 is 0 Å². The molecule has 0 aliphatic rings. The van der Waals surface area contributed by atoms with Crippen molar-refractivity contribution in [2.75, 3.05) is 19.9 Å². The van der Waals surface area contributed by atoms with Crippen LogP contribution in [0, 0.1) is 23.7 Å². The van der Waals surface area contributed by atoms with E-state index in [2.05, 4.69) is 27.7 Å². The van der Waals surface area contributed by atoms with Gasteiger partial charge < -0.3 is 28.7 Å². The van der Waals surface area contributed by atoms with E-state index in [1.165, 1.54) is 0 Å². The third kappa shape index (κ3) is 15.5. The van der Waals surface area contributed by atoms with Crippen molar-refractivity contribution in [2.24, 2.45) is 23.7 Å². The Morgan fingerprint density at radius 3 is 1.27 bits per heavy atom. The van der Waals surface area contributed by atoms with Crippen molar-refractivity contribution < 1.29 is 33.3 Å². The van der Waals surface area contributed by atoms with E-state index in [1.807, 2.05) is 46.8 Å². The fraction of sp³-hybridized carbons (Fsp3) is 0.647. The van der Waals surface area contributed by atoms with Gasteiger partial charge in [0.25, 0.3) is 0 Å². The van der Waals surface area contributed by atoms with Crippen molar-refractivity contribution in [2.45, 2.75) is 101 Å². The summed E-state index contributed by atoms with van der Waals surface area (Å²) in [6, 6.07) is 7.08. The minimum absolute atomic E-state index is 0. The van der Waals surface area contributed by atoms with Crippen molar-refractivity contribution in [1.82, 2.24) is 0 Å². The zero-order valence-electron chi connectivity index (χ0n) is 29.1. The minimum Gasteiger partial charge on any atom is -0.775 e. The van der Waals surface area contributed by atoms with Crippen LogP contribution in [0.1, 0.15) is 97.1 Å². The molecule has 10 heteroatoms. The Morgan fingerprint density at radius 1 is 0.659 bits per heavy atom. The van der Waals surface area contributed by atoms with Gasteiger partial charge in [0.1, 0.15) is 11.5 Å². The molecule has 0 radical (unpaired) electrons. The molecular weight excluding hydrogens is 622 g/mol. The van der Waals surface area contributed by atoms with Crippen LogP contribution in [0.3, 0.4) is 0 Å². The Hall–Kier alpha value is -0.360. The summed E-state index contributed by atoms with van der Waals surface area (Å²) in [6.45, 7) is 22.5. The summed E-state index contributed by atoms with van der Waals surface area (Å²) >= 11 is 0. The standard InChI is InChI=1S/C18H31O3P.C16H27O4P.Ca/c1-7-21-22(6,20)12-15-10-16(8-13(2)3)18(19)17(11-15)9-14(4)5;1-6-20-21(18,19)15-9-13(7-11(2)3)16(17)14(10-15)8-12(4)5;/h10-11,13-14,19H,7-9,12H2,1-6H3;9-12,17H,6-8H2,1-5H3,(H,18,19);/q;;+2/p-1. The Balaban J connectivity index is 0.000000823. The van der Waals surface area contributed by atoms with E-state index < -0.39 is 15.0 Å². The molecule has 0 aliphatic heterocycles. The van der Waals surface area contributed by atoms with Crippen LogP contribution in [-0.4, -0.2) is 67.8 Å². The van der Waals surface area contributed by atoms with Crippen LogP contribution in [0.5, 0.6) is 11.5 Å². The molecule has 0 heterocycles. The second-order valence-electron chi connectivity index (χ2n) is 13.3. The molecule has 7 nitrogen and oxygen atoms in total. The maximum Gasteiger partial charge on any atom is 2.00 e. The number of rotatable bonds is 15. The second-order valence-corrected chi connectivity index (χ2v) is 17.6. The van der Waals surface area contributed by atoms with Gasteiger partial charge in [0.05, 0.1) is 13.2 Å². The van der Waals surface area contributed by atoms with Crippen LogP contribution < -0.4 is 10.2 Å². The fourth-order valence-corrected chi connectivity index (χ4v) is 7.70. The van der Waals surface area contributed by atoms with Gasteiger partial charge in [-0.05, 0) is 103 Å². The van der Waals surface area contributed by atoms with Gasteiger partial charge in [-0.15, -0.1) is 0 Å². The summed E-state index contributed by atoms with van der Waals surface area (Å²) in [5.41, 5.74) is 4.27. The Kier molecular flexibility index (Phi) is 19.9. The molecule has 2 rings (SSSR count). The van der Waals surface area contributed by atoms with Gasteiger partial charge in [-0.25, -0.2) is 0 Å². The molecule has 0 bridgehead atoms. The summed E-state index contributed by atoms with van der Waals surface area (Å²) in [6.07, 6.45) is 3.35. The zero-order chi connectivity index (χ0) is 33.1. The normalized spacial score (nSPS) is 14.3. The molecule has 2 aromatic rings. The summed E-state index contributed by atoms with van der Waals surface area (Å²) in [4.78, 5) is 12.1. The van der Waals surface area contributed by atoms with E-state index in [1.54, 1.807) is 25.7 Å². The van der Waals surface area contributed by atoms with Crippen LogP contribution in [0.2, 0.25) is 0 Å². The molecule has 2 unspecified atom stereocenters. The van der Waals surface area contributed by atoms with Crippen LogP contribution in [0.4, 0.5) is 0 Å². The molecule has 2 N–H and O–H groups in total. The topological polar surface area (TPSA) is 116 Å². The van der Waals surface area contributed by atoms with E-state index in [0.717, 1.165) is 29.5 Å². The van der Waals surface area contributed by atoms with Gasteiger partial charge in [0.2, 0.25) is 7.37 Å². The number of phenolic OH excluding ortho intramolecular Hbond substituents is 2. The van der Waals surface area contributed by atoms with Gasteiger partial charge in [0.15, 0.2) is 7.60 Å². The summed E-state index contributed by atoms with van der Waals surface area (Å²) in [5.74, 6) is 2.22. The quantitative estimate of drug-likeness (QED) is 0.145. The van der Waals surface area contributed by atoms with Gasteiger partial charge in [0, 0.05) is 18.1 Å². The van der Waals surface area contributed by atoms with Crippen LogP contribution in [0.15, 0.2) is 24.3 Å². The number of hydrogen-bond donors (Lipinski definition) is 2. The number of aromatic hydroxyl groups is 2. The Bertz CT molecular complexity index is 1200. The van der Waals surface area contributed by atoms with Crippen molar-refractivity contribution in [3.8, 4) is 11.5 Å². The third-order valence-electron chi connectivity index (χ3n) is 6.58.